The number of halogens is 1. The second-order valence-electron chi connectivity index (χ2n) is 6.77. The van der Waals surface area contributed by atoms with Crippen molar-refractivity contribution in [3.63, 3.8) is 0 Å². The van der Waals surface area contributed by atoms with Crippen LogP contribution in [0.15, 0.2) is 48.5 Å². The molecule has 0 bridgehead atoms. The first-order valence-electron chi connectivity index (χ1n) is 9.32. The fourth-order valence-corrected chi connectivity index (χ4v) is 3.24. The largest absolute Gasteiger partial charge is 0.496 e. The van der Waals surface area contributed by atoms with Gasteiger partial charge in [-0.3, -0.25) is 9.48 Å². The summed E-state index contributed by atoms with van der Waals surface area (Å²) < 4.78 is 7.23. The predicted molar refractivity (Wildman–Crippen MR) is 112 cm³/mol. The Morgan fingerprint density at radius 2 is 1.93 bits per heavy atom. The number of aliphatic hydroxyl groups excluding tert-OH is 1. The molecule has 0 aliphatic carbocycles. The summed E-state index contributed by atoms with van der Waals surface area (Å²) in [5.74, 6) is -0.304. The fraction of sp³-hybridized carbons (Fsp3) is 0.273. The quantitative estimate of drug-likeness (QED) is 0.574. The highest BCUT2D eigenvalue weighted by atomic mass is 35.5. The predicted octanol–water partition coefficient (Wildman–Crippen LogP) is 4.28. The van der Waals surface area contributed by atoms with Crippen molar-refractivity contribution in [2.45, 2.75) is 32.4 Å². The van der Waals surface area contributed by atoms with Crippen LogP contribution in [0.1, 0.15) is 18.9 Å². The number of methoxy groups -OCH3 is 1. The van der Waals surface area contributed by atoms with E-state index in [1.165, 1.54) is 0 Å². The van der Waals surface area contributed by atoms with Gasteiger partial charge < -0.3 is 14.9 Å². The van der Waals surface area contributed by atoms with Gasteiger partial charge in [-0.25, -0.2) is 0 Å². The lowest BCUT2D eigenvalue weighted by Crippen LogP contribution is -2.16. The Bertz CT molecular complexity index is 999. The van der Waals surface area contributed by atoms with E-state index in [-0.39, 0.29) is 6.42 Å². The summed E-state index contributed by atoms with van der Waals surface area (Å²) >= 11 is 6.02. The number of aliphatic carboxylic acids is 1. The number of carbonyl (C=O) groups is 1. The summed E-state index contributed by atoms with van der Waals surface area (Å²) in [6.45, 7) is 2.25. The number of aliphatic hydroxyl groups is 1. The molecule has 2 N–H and O–H groups in total. The average molecular weight is 415 g/mol. The molecule has 0 fully saturated rings. The lowest BCUT2D eigenvalue weighted by molar-refractivity contribution is -0.136. The van der Waals surface area contributed by atoms with Crippen LogP contribution in [0, 0.1) is 0 Å². The Labute approximate surface area is 174 Å². The molecule has 152 valence electrons. The van der Waals surface area contributed by atoms with Gasteiger partial charge in [-0.15, -0.1) is 0 Å². The first-order valence-corrected chi connectivity index (χ1v) is 9.70. The summed E-state index contributed by atoms with van der Waals surface area (Å²) in [6.07, 6.45) is -0.0165. The van der Waals surface area contributed by atoms with Crippen molar-refractivity contribution < 1.29 is 19.7 Å². The van der Waals surface area contributed by atoms with Crippen LogP contribution in [0.2, 0.25) is 5.02 Å². The molecule has 6 nitrogen and oxygen atoms in total. The maximum Gasteiger partial charge on any atom is 0.307 e. The number of rotatable bonds is 8. The molecule has 3 aromatic rings. The van der Waals surface area contributed by atoms with Crippen LogP contribution in [0.4, 0.5) is 0 Å². The van der Waals surface area contributed by atoms with Gasteiger partial charge in [0.05, 0.1) is 37.6 Å². The Balaban J connectivity index is 2.11. The second-order valence-corrected chi connectivity index (χ2v) is 7.21. The van der Waals surface area contributed by atoms with Crippen molar-refractivity contribution in [1.82, 2.24) is 9.78 Å². The van der Waals surface area contributed by atoms with E-state index in [2.05, 4.69) is 0 Å². The van der Waals surface area contributed by atoms with Gasteiger partial charge in [0, 0.05) is 10.6 Å². The smallest absolute Gasteiger partial charge is 0.307 e. The van der Waals surface area contributed by atoms with Crippen LogP contribution in [-0.2, 0) is 17.8 Å². The average Bonchev–Trinajstić information content (AvgIpc) is 3.11. The lowest BCUT2D eigenvalue weighted by atomic mass is 10.0. The summed E-state index contributed by atoms with van der Waals surface area (Å²) in [5.41, 5.74) is 3.74. The molecule has 0 saturated carbocycles. The number of hydrogen-bond donors (Lipinski definition) is 2. The van der Waals surface area contributed by atoms with E-state index in [1.807, 2.05) is 25.1 Å². The Morgan fingerprint density at radius 1 is 1.21 bits per heavy atom. The lowest BCUT2D eigenvalue weighted by Gasteiger charge is -2.11. The molecule has 0 radical (unpaired) electrons. The standard InChI is InChI=1S/C22H23ClN2O4/c1-3-17(26)13-25-20(15-5-7-16(23)8-6-15)12-19(24-25)18-10-14(11-22(27)28)4-9-21(18)29-2/h4-10,12,17,26H,3,11,13H2,1-2H3,(H,27,28)/t17-/m0/s1. The molecule has 1 atom stereocenters. The number of carboxylic acids is 1. The maximum absolute atomic E-state index is 11.1. The van der Waals surface area contributed by atoms with Gasteiger partial charge in [0.25, 0.3) is 0 Å². The van der Waals surface area contributed by atoms with Gasteiger partial charge >= 0.3 is 5.97 Å². The monoisotopic (exact) mass is 414 g/mol. The van der Waals surface area contributed by atoms with Gasteiger partial charge in [0.15, 0.2) is 0 Å². The zero-order chi connectivity index (χ0) is 21.0. The van der Waals surface area contributed by atoms with Gasteiger partial charge in [-0.05, 0) is 47.9 Å². The van der Waals surface area contributed by atoms with Gasteiger partial charge in [0.1, 0.15) is 5.75 Å². The molecule has 29 heavy (non-hydrogen) atoms. The van der Waals surface area contributed by atoms with E-state index in [1.54, 1.807) is 42.1 Å². The number of ether oxygens (including phenoxy) is 1. The number of carboxylic acid groups (broad SMARTS) is 1. The van der Waals surface area contributed by atoms with Crippen molar-refractivity contribution in [3.8, 4) is 28.3 Å². The molecular weight excluding hydrogens is 392 g/mol. The molecule has 0 saturated heterocycles. The molecular formula is C22H23ClN2O4. The van der Waals surface area contributed by atoms with Crippen LogP contribution in [-0.4, -0.2) is 39.2 Å². The van der Waals surface area contributed by atoms with Gasteiger partial charge in [0.2, 0.25) is 0 Å². The summed E-state index contributed by atoms with van der Waals surface area (Å²) in [6, 6.07) is 14.6. The zero-order valence-corrected chi connectivity index (χ0v) is 17.1. The second kappa shape index (κ2) is 9.11. The molecule has 7 heteroatoms. The van der Waals surface area contributed by atoms with E-state index >= 15 is 0 Å². The van der Waals surface area contributed by atoms with Crippen molar-refractivity contribution >= 4 is 17.6 Å². The minimum atomic E-state index is -0.903. The van der Waals surface area contributed by atoms with Crippen molar-refractivity contribution in [2.75, 3.05) is 7.11 Å². The zero-order valence-electron chi connectivity index (χ0n) is 16.3. The molecule has 1 aromatic heterocycles. The highest BCUT2D eigenvalue weighted by Crippen LogP contribution is 2.33. The van der Waals surface area contributed by atoms with Crippen molar-refractivity contribution in [3.05, 3.63) is 59.1 Å². The van der Waals surface area contributed by atoms with Crippen molar-refractivity contribution in [2.24, 2.45) is 0 Å². The Morgan fingerprint density at radius 3 is 2.55 bits per heavy atom. The fourth-order valence-electron chi connectivity index (χ4n) is 3.11. The minimum absolute atomic E-state index is 0.0870. The molecule has 0 amide bonds. The van der Waals surface area contributed by atoms with E-state index < -0.39 is 12.1 Å². The first-order chi connectivity index (χ1) is 13.9. The molecule has 0 spiro atoms. The number of nitrogens with zero attached hydrogens (tertiary/aromatic N) is 2. The summed E-state index contributed by atoms with van der Waals surface area (Å²) in [4.78, 5) is 11.1. The SMILES string of the molecule is CC[C@H](O)Cn1nc(-c2cc(CC(=O)O)ccc2OC)cc1-c1ccc(Cl)cc1. The third kappa shape index (κ3) is 4.96. The summed E-state index contributed by atoms with van der Waals surface area (Å²) in [5, 5.41) is 24.6. The van der Waals surface area contributed by atoms with Crippen LogP contribution in [0.5, 0.6) is 5.75 Å². The van der Waals surface area contributed by atoms with E-state index in [9.17, 15) is 9.90 Å². The third-order valence-electron chi connectivity index (χ3n) is 4.67. The van der Waals surface area contributed by atoms with Crippen LogP contribution in [0.3, 0.4) is 0 Å². The van der Waals surface area contributed by atoms with Crippen LogP contribution in [0.25, 0.3) is 22.5 Å². The summed E-state index contributed by atoms with van der Waals surface area (Å²) in [7, 11) is 1.56. The number of benzene rings is 2. The Kier molecular flexibility index (Phi) is 6.56. The molecule has 0 aliphatic heterocycles. The van der Waals surface area contributed by atoms with E-state index in [0.29, 0.717) is 40.6 Å². The molecule has 1 heterocycles. The van der Waals surface area contributed by atoms with E-state index in [4.69, 9.17) is 26.5 Å². The highest BCUT2D eigenvalue weighted by Gasteiger charge is 2.17. The highest BCUT2D eigenvalue weighted by molar-refractivity contribution is 6.30. The topological polar surface area (TPSA) is 84.6 Å². The first kappa shape index (κ1) is 20.9. The molecule has 2 aromatic carbocycles. The van der Waals surface area contributed by atoms with Gasteiger partial charge in [-0.2, -0.15) is 5.10 Å². The Hall–Kier alpha value is -2.83. The molecule has 0 aliphatic rings. The molecule has 0 unspecified atom stereocenters. The maximum atomic E-state index is 11.1. The van der Waals surface area contributed by atoms with E-state index in [0.717, 1.165) is 11.3 Å². The molecule has 3 rings (SSSR count). The van der Waals surface area contributed by atoms with Gasteiger partial charge in [-0.1, -0.05) is 36.7 Å². The number of hydrogen-bond acceptors (Lipinski definition) is 4. The van der Waals surface area contributed by atoms with Crippen LogP contribution < -0.4 is 4.74 Å². The number of aromatic nitrogens is 2. The minimum Gasteiger partial charge on any atom is -0.496 e. The normalized spacial score (nSPS) is 12.0. The van der Waals surface area contributed by atoms with Crippen molar-refractivity contribution in [1.29, 1.82) is 0 Å². The van der Waals surface area contributed by atoms with Crippen LogP contribution >= 0.6 is 11.6 Å². The third-order valence-corrected chi connectivity index (χ3v) is 4.92.